The third-order valence-electron chi connectivity index (χ3n) is 1.83. The van der Waals surface area contributed by atoms with Gasteiger partial charge in [-0.1, -0.05) is 11.6 Å². The molecule has 0 saturated heterocycles. The summed E-state index contributed by atoms with van der Waals surface area (Å²) in [6, 6.07) is 5.65. The Morgan fingerprint density at radius 1 is 1.33 bits per heavy atom. The van der Waals surface area contributed by atoms with Crippen LogP contribution >= 0.6 is 11.6 Å². The number of carbonyl (C=O) groups is 1. The molecule has 15 heavy (non-hydrogen) atoms. The molecule has 4 nitrogen and oxygen atoms in total. The third-order valence-corrected chi connectivity index (χ3v) is 3.99. The highest BCUT2D eigenvalue weighted by atomic mass is 35.5. The highest BCUT2D eigenvalue weighted by molar-refractivity contribution is 7.91. The Kier molecular flexibility index (Phi) is 3.71. The fourth-order valence-electron chi connectivity index (χ4n) is 0.967. The average molecular weight is 249 g/mol. The Labute approximate surface area is 92.7 Å². The molecule has 0 aliphatic carbocycles. The van der Waals surface area contributed by atoms with Crippen molar-refractivity contribution < 1.29 is 17.9 Å². The van der Waals surface area contributed by atoms with Crippen LogP contribution in [0, 0.1) is 0 Å². The van der Waals surface area contributed by atoms with Crippen LogP contribution in [0.25, 0.3) is 0 Å². The van der Waals surface area contributed by atoms with Crippen molar-refractivity contribution >= 4 is 27.9 Å². The molecule has 0 amide bonds. The smallest absolute Gasteiger partial charge is 0.294 e. The zero-order valence-electron chi connectivity index (χ0n) is 7.88. The van der Waals surface area contributed by atoms with E-state index in [0.717, 1.165) is 0 Å². The summed E-state index contributed by atoms with van der Waals surface area (Å²) in [5.74, 6) is 0. The summed E-state index contributed by atoms with van der Waals surface area (Å²) in [5.41, 5.74) is -1.20. The molecular formula is C9H9ClO4S. The van der Waals surface area contributed by atoms with Gasteiger partial charge in [0.15, 0.2) is 0 Å². The first kappa shape index (κ1) is 12.0. The van der Waals surface area contributed by atoms with Crippen molar-refractivity contribution in [3.8, 4) is 0 Å². The molecule has 1 atom stereocenters. The van der Waals surface area contributed by atoms with Gasteiger partial charge in [0.05, 0.1) is 4.90 Å². The summed E-state index contributed by atoms with van der Waals surface area (Å²) in [7, 11) is -3.63. The molecule has 0 saturated carbocycles. The van der Waals surface area contributed by atoms with Gasteiger partial charge < -0.3 is 4.74 Å². The van der Waals surface area contributed by atoms with Gasteiger partial charge in [-0.2, -0.15) is 0 Å². The highest BCUT2D eigenvalue weighted by Crippen LogP contribution is 2.18. The molecule has 1 unspecified atom stereocenters. The molecule has 0 aliphatic heterocycles. The van der Waals surface area contributed by atoms with Crippen molar-refractivity contribution in [2.75, 3.05) is 0 Å². The number of carbonyl (C=O) groups excluding carboxylic acids is 1. The van der Waals surface area contributed by atoms with Gasteiger partial charge in [0.2, 0.25) is 15.3 Å². The zero-order valence-corrected chi connectivity index (χ0v) is 9.46. The molecule has 1 rings (SSSR count). The van der Waals surface area contributed by atoms with E-state index in [1.807, 2.05) is 0 Å². The first-order chi connectivity index (χ1) is 6.98. The van der Waals surface area contributed by atoms with Crippen molar-refractivity contribution in [1.29, 1.82) is 0 Å². The van der Waals surface area contributed by atoms with Crippen LogP contribution in [0.4, 0.5) is 0 Å². The Hall–Kier alpha value is -1.07. The summed E-state index contributed by atoms with van der Waals surface area (Å²) in [6.45, 7) is 1.40. The van der Waals surface area contributed by atoms with Crippen LogP contribution in [0.2, 0.25) is 5.02 Å². The predicted octanol–water partition coefficient (Wildman–Crippen LogP) is 1.63. The third kappa shape index (κ3) is 2.70. The van der Waals surface area contributed by atoms with Gasteiger partial charge >= 0.3 is 0 Å². The molecule has 1 aromatic rings. The minimum absolute atomic E-state index is 0.0706. The maximum atomic E-state index is 11.7. The molecule has 0 N–H and O–H groups in total. The summed E-state index contributed by atoms with van der Waals surface area (Å²) in [5, 5.41) is 0.443. The summed E-state index contributed by atoms with van der Waals surface area (Å²) in [4.78, 5) is 10.1. The Balaban J connectivity index is 3.06. The number of halogens is 1. The number of hydrogen-bond donors (Lipinski definition) is 0. The Bertz CT molecular complexity index is 438. The molecule has 0 aromatic heterocycles. The molecule has 6 heteroatoms. The second-order valence-corrected chi connectivity index (χ2v) is 5.46. The molecule has 0 spiro atoms. The quantitative estimate of drug-likeness (QED) is 0.760. The second-order valence-electron chi connectivity index (χ2n) is 2.80. The topological polar surface area (TPSA) is 60.4 Å². The minimum Gasteiger partial charge on any atom is -0.448 e. The SMILES string of the molecule is CC(OC=O)S(=O)(=O)c1ccc(Cl)cc1. The van der Waals surface area contributed by atoms with E-state index in [1.165, 1.54) is 31.2 Å². The molecular weight excluding hydrogens is 240 g/mol. The predicted molar refractivity (Wildman–Crippen MR) is 55.2 cm³/mol. The summed E-state index contributed by atoms with van der Waals surface area (Å²) < 4.78 is 27.8. The highest BCUT2D eigenvalue weighted by Gasteiger charge is 2.24. The second kappa shape index (κ2) is 4.63. The van der Waals surface area contributed by atoms with Crippen molar-refractivity contribution in [2.24, 2.45) is 0 Å². The first-order valence-electron chi connectivity index (χ1n) is 4.07. The van der Waals surface area contributed by atoms with Gasteiger partial charge in [-0.05, 0) is 31.2 Å². The van der Waals surface area contributed by atoms with Crippen LogP contribution in [0.3, 0.4) is 0 Å². The van der Waals surface area contributed by atoms with Crippen LogP contribution in [0.15, 0.2) is 29.2 Å². The fourth-order valence-corrected chi connectivity index (χ4v) is 2.18. The van der Waals surface area contributed by atoms with Crippen LogP contribution in [0.5, 0.6) is 0 Å². The van der Waals surface area contributed by atoms with E-state index in [2.05, 4.69) is 4.74 Å². The molecule has 0 fully saturated rings. The number of ether oxygens (including phenoxy) is 1. The van der Waals surface area contributed by atoms with E-state index < -0.39 is 15.3 Å². The maximum Gasteiger partial charge on any atom is 0.294 e. The van der Waals surface area contributed by atoms with Crippen LogP contribution in [0.1, 0.15) is 6.92 Å². The molecule has 82 valence electrons. The van der Waals surface area contributed by atoms with E-state index in [9.17, 15) is 13.2 Å². The molecule has 0 radical (unpaired) electrons. The molecule has 1 aromatic carbocycles. The number of hydrogen-bond acceptors (Lipinski definition) is 4. The van der Waals surface area contributed by atoms with Gasteiger partial charge in [-0.15, -0.1) is 0 Å². The van der Waals surface area contributed by atoms with E-state index in [4.69, 9.17) is 11.6 Å². The molecule has 0 bridgehead atoms. The van der Waals surface area contributed by atoms with Crippen molar-refractivity contribution in [2.45, 2.75) is 17.3 Å². The van der Waals surface area contributed by atoms with E-state index in [0.29, 0.717) is 5.02 Å². The zero-order chi connectivity index (χ0) is 11.5. The lowest BCUT2D eigenvalue weighted by Crippen LogP contribution is -2.20. The minimum atomic E-state index is -3.63. The van der Waals surface area contributed by atoms with Crippen LogP contribution in [-0.2, 0) is 19.4 Å². The van der Waals surface area contributed by atoms with Crippen LogP contribution < -0.4 is 0 Å². The van der Waals surface area contributed by atoms with Gasteiger partial charge in [0.1, 0.15) is 0 Å². The van der Waals surface area contributed by atoms with E-state index in [1.54, 1.807) is 0 Å². The van der Waals surface area contributed by atoms with Crippen molar-refractivity contribution in [3.05, 3.63) is 29.3 Å². The lowest BCUT2D eigenvalue weighted by Gasteiger charge is -2.10. The lowest BCUT2D eigenvalue weighted by molar-refractivity contribution is -0.129. The summed E-state index contributed by atoms with van der Waals surface area (Å²) >= 11 is 5.62. The first-order valence-corrected chi connectivity index (χ1v) is 5.99. The van der Waals surface area contributed by atoms with Gasteiger partial charge in [0, 0.05) is 5.02 Å². The Morgan fingerprint density at radius 3 is 2.33 bits per heavy atom. The van der Waals surface area contributed by atoms with E-state index in [-0.39, 0.29) is 11.4 Å². The van der Waals surface area contributed by atoms with Crippen molar-refractivity contribution in [3.63, 3.8) is 0 Å². The normalized spacial score (nSPS) is 13.2. The number of rotatable bonds is 4. The molecule has 0 aliphatic rings. The lowest BCUT2D eigenvalue weighted by atomic mass is 10.4. The number of sulfone groups is 1. The van der Waals surface area contributed by atoms with Gasteiger partial charge in [-0.3, -0.25) is 4.79 Å². The van der Waals surface area contributed by atoms with Gasteiger partial charge in [0.25, 0.3) is 6.47 Å². The number of benzene rings is 1. The van der Waals surface area contributed by atoms with Crippen molar-refractivity contribution in [1.82, 2.24) is 0 Å². The average Bonchev–Trinajstić information content (AvgIpc) is 2.18. The largest absolute Gasteiger partial charge is 0.448 e. The fraction of sp³-hybridized carbons (Fsp3) is 0.222. The Morgan fingerprint density at radius 2 is 1.87 bits per heavy atom. The monoisotopic (exact) mass is 248 g/mol. The van der Waals surface area contributed by atoms with Crippen LogP contribution in [-0.4, -0.2) is 20.3 Å². The standard InChI is InChI=1S/C9H9ClO4S/c1-7(14-6-11)15(12,13)9-4-2-8(10)3-5-9/h2-7H,1H3. The molecule has 0 heterocycles. The maximum absolute atomic E-state index is 11.7. The summed E-state index contributed by atoms with van der Waals surface area (Å²) in [6.07, 6.45) is 0. The van der Waals surface area contributed by atoms with Gasteiger partial charge in [-0.25, -0.2) is 8.42 Å². The van der Waals surface area contributed by atoms with E-state index >= 15 is 0 Å².